The van der Waals surface area contributed by atoms with Crippen molar-refractivity contribution in [3.8, 4) is 11.1 Å². The second-order valence-corrected chi connectivity index (χ2v) is 5.80. The number of hydrogen-bond acceptors (Lipinski definition) is 1. The van der Waals surface area contributed by atoms with E-state index in [-0.39, 0.29) is 5.41 Å². The molecule has 0 heterocycles. The second kappa shape index (κ2) is 5.11. The van der Waals surface area contributed by atoms with E-state index >= 15 is 0 Å². The lowest BCUT2D eigenvalue weighted by molar-refractivity contribution is 0.165. The molecule has 22 heavy (non-hydrogen) atoms. The molecule has 3 aromatic carbocycles. The first-order chi connectivity index (χ1) is 10.9. The maximum Gasteiger partial charge on any atom is 0.0696 e. The summed E-state index contributed by atoms with van der Waals surface area (Å²) in [5, 5.41) is 0. The summed E-state index contributed by atoms with van der Waals surface area (Å²) in [6, 6.07) is 28.1. The molecule has 0 atom stereocenters. The van der Waals surface area contributed by atoms with E-state index in [9.17, 15) is 0 Å². The molecule has 0 spiro atoms. The van der Waals surface area contributed by atoms with Crippen LogP contribution in [0.4, 0.5) is 0 Å². The minimum atomic E-state index is -0.219. The van der Waals surface area contributed by atoms with Gasteiger partial charge in [0.05, 0.1) is 12.0 Å². The highest BCUT2D eigenvalue weighted by Gasteiger charge is 2.44. The molecule has 0 N–H and O–H groups in total. The highest BCUT2D eigenvalue weighted by molar-refractivity contribution is 5.83. The molecule has 0 aromatic heterocycles. The monoisotopic (exact) mass is 286 g/mol. The fourth-order valence-corrected chi connectivity index (χ4v) is 3.81. The van der Waals surface area contributed by atoms with E-state index in [2.05, 4.69) is 78.9 Å². The summed E-state index contributed by atoms with van der Waals surface area (Å²) in [5.74, 6) is 0. The van der Waals surface area contributed by atoms with E-state index in [1.807, 2.05) is 0 Å². The Bertz CT molecular complexity index is 759. The molecular formula is C21H18O. The van der Waals surface area contributed by atoms with Gasteiger partial charge in [-0.3, -0.25) is 0 Å². The van der Waals surface area contributed by atoms with Gasteiger partial charge in [0.25, 0.3) is 0 Å². The quantitative estimate of drug-likeness (QED) is 0.681. The summed E-state index contributed by atoms with van der Waals surface area (Å²) in [6.07, 6.45) is 0. The standard InChI is InChI=1S/C21H18O/c1-22-15-21(16-9-3-2-4-10-16)19-13-7-5-11-17(19)18-12-6-8-14-20(18)21/h2-14H,15H2,1H3. The Morgan fingerprint density at radius 2 is 1.18 bits per heavy atom. The molecule has 0 amide bonds. The number of ether oxygens (including phenoxy) is 1. The fraction of sp³-hybridized carbons (Fsp3) is 0.143. The van der Waals surface area contributed by atoms with E-state index < -0.39 is 0 Å². The summed E-state index contributed by atoms with van der Waals surface area (Å²) < 4.78 is 5.70. The number of rotatable bonds is 3. The van der Waals surface area contributed by atoms with Gasteiger partial charge < -0.3 is 4.74 Å². The zero-order valence-electron chi connectivity index (χ0n) is 12.6. The van der Waals surface area contributed by atoms with Crippen LogP contribution in [0.5, 0.6) is 0 Å². The van der Waals surface area contributed by atoms with Crippen LogP contribution in [0.1, 0.15) is 16.7 Å². The van der Waals surface area contributed by atoms with Crippen LogP contribution in [0.25, 0.3) is 11.1 Å². The highest BCUT2D eigenvalue weighted by atomic mass is 16.5. The molecule has 1 nitrogen and oxygen atoms in total. The van der Waals surface area contributed by atoms with Crippen LogP contribution in [-0.2, 0) is 10.2 Å². The summed E-state index contributed by atoms with van der Waals surface area (Å²) in [6.45, 7) is 0.644. The second-order valence-electron chi connectivity index (χ2n) is 5.80. The highest BCUT2D eigenvalue weighted by Crippen LogP contribution is 2.52. The zero-order chi connectivity index (χ0) is 15.0. The maximum atomic E-state index is 5.70. The molecule has 1 aliphatic carbocycles. The van der Waals surface area contributed by atoms with Gasteiger partial charge in [-0.2, -0.15) is 0 Å². The Morgan fingerprint density at radius 3 is 1.73 bits per heavy atom. The van der Waals surface area contributed by atoms with Crippen LogP contribution in [0, 0.1) is 0 Å². The number of benzene rings is 3. The normalized spacial score (nSPS) is 14.4. The molecule has 3 aromatic rings. The fourth-order valence-electron chi connectivity index (χ4n) is 3.81. The van der Waals surface area contributed by atoms with Crippen molar-refractivity contribution >= 4 is 0 Å². The van der Waals surface area contributed by atoms with Crippen LogP contribution in [-0.4, -0.2) is 13.7 Å². The lowest BCUT2D eigenvalue weighted by Crippen LogP contribution is -2.32. The van der Waals surface area contributed by atoms with E-state index in [1.54, 1.807) is 7.11 Å². The van der Waals surface area contributed by atoms with Crippen LogP contribution in [0.2, 0.25) is 0 Å². The van der Waals surface area contributed by atoms with Crippen molar-refractivity contribution in [2.45, 2.75) is 5.41 Å². The van der Waals surface area contributed by atoms with Gasteiger partial charge in [-0.15, -0.1) is 0 Å². The first-order valence-electron chi connectivity index (χ1n) is 7.62. The van der Waals surface area contributed by atoms with Crippen molar-refractivity contribution in [1.29, 1.82) is 0 Å². The van der Waals surface area contributed by atoms with Crippen LogP contribution < -0.4 is 0 Å². The van der Waals surface area contributed by atoms with E-state index in [1.165, 1.54) is 27.8 Å². The molecule has 0 unspecified atom stereocenters. The van der Waals surface area contributed by atoms with Crippen LogP contribution in [0.3, 0.4) is 0 Å². The zero-order valence-corrected chi connectivity index (χ0v) is 12.6. The molecule has 0 saturated heterocycles. The minimum Gasteiger partial charge on any atom is -0.383 e. The molecule has 1 heteroatoms. The van der Waals surface area contributed by atoms with Crippen molar-refractivity contribution in [1.82, 2.24) is 0 Å². The van der Waals surface area contributed by atoms with Gasteiger partial charge in [0.2, 0.25) is 0 Å². The molecule has 0 radical (unpaired) electrons. The third kappa shape index (κ3) is 1.69. The Morgan fingerprint density at radius 1 is 0.682 bits per heavy atom. The summed E-state index contributed by atoms with van der Waals surface area (Å²) in [7, 11) is 1.79. The first-order valence-corrected chi connectivity index (χ1v) is 7.62. The van der Waals surface area contributed by atoms with Gasteiger partial charge in [-0.25, -0.2) is 0 Å². The third-order valence-corrected chi connectivity index (χ3v) is 4.69. The van der Waals surface area contributed by atoms with E-state index in [4.69, 9.17) is 4.74 Å². The largest absolute Gasteiger partial charge is 0.383 e. The topological polar surface area (TPSA) is 9.23 Å². The predicted octanol–water partition coefficient (Wildman–Crippen LogP) is 4.65. The predicted molar refractivity (Wildman–Crippen MR) is 90.1 cm³/mol. The van der Waals surface area contributed by atoms with Crippen molar-refractivity contribution < 1.29 is 4.74 Å². The Hall–Kier alpha value is -2.38. The molecule has 108 valence electrons. The SMILES string of the molecule is COCC1(c2ccccc2)c2ccccc2-c2ccccc21. The lowest BCUT2D eigenvalue weighted by atomic mass is 9.73. The van der Waals surface area contributed by atoms with E-state index in [0.29, 0.717) is 6.61 Å². The van der Waals surface area contributed by atoms with E-state index in [0.717, 1.165) is 0 Å². The summed E-state index contributed by atoms with van der Waals surface area (Å²) >= 11 is 0. The molecule has 0 saturated carbocycles. The first kappa shape index (κ1) is 13.3. The average molecular weight is 286 g/mol. The summed E-state index contributed by atoms with van der Waals surface area (Å²) in [5.41, 5.74) is 6.38. The van der Waals surface area contributed by atoms with Crippen molar-refractivity contribution in [3.05, 3.63) is 95.6 Å². The van der Waals surface area contributed by atoms with Crippen molar-refractivity contribution in [2.75, 3.05) is 13.7 Å². The third-order valence-electron chi connectivity index (χ3n) is 4.69. The van der Waals surface area contributed by atoms with Gasteiger partial charge >= 0.3 is 0 Å². The molecular weight excluding hydrogens is 268 g/mol. The smallest absolute Gasteiger partial charge is 0.0696 e. The molecule has 0 bridgehead atoms. The van der Waals surface area contributed by atoms with Crippen molar-refractivity contribution in [2.24, 2.45) is 0 Å². The van der Waals surface area contributed by atoms with Gasteiger partial charge in [-0.05, 0) is 27.8 Å². The number of methoxy groups -OCH3 is 1. The molecule has 1 aliphatic rings. The minimum absolute atomic E-state index is 0.219. The van der Waals surface area contributed by atoms with Crippen LogP contribution in [0.15, 0.2) is 78.9 Å². The Labute approximate surface area is 131 Å². The molecule has 0 aliphatic heterocycles. The summed E-state index contributed by atoms with van der Waals surface area (Å²) in [4.78, 5) is 0. The van der Waals surface area contributed by atoms with Crippen molar-refractivity contribution in [3.63, 3.8) is 0 Å². The van der Waals surface area contributed by atoms with Gasteiger partial charge in [-0.1, -0.05) is 78.9 Å². The average Bonchev–Trinajstić information content (AvgIpc) is 2.88. The van der Waals surface area contributed by atoms with Gasteiger partial charge in [0, 0.05) is 7.11 Å². The molecule has 0 fully saturated rings. The Kier molecular flexibility index (Phi) is 3.09. The van der Waals surface area contributed by atoms with Gasteiger partial charge in [0.1, 0.15) is 0 Å². The number of hydrogen-bond donors (Lipinski definition) is 0. The number of fused-ring (bicyclic) bond motifs is 3. The van der Waals surface area contributed by atoms with Crippen LogP contribution >= 0.6 is 0 Å². The Balaban J connectivity index is 2.10. The lowest BCUT2D eigenvalue weighted by Gasteiger charge is -2.32. The molecule has 4 rings (SSSR count). The van der Waals surface area contributed by atoms with Gasteiger partial charge in [0.15, 0.2) is 0 Å². The maximum absolute atomic E-state index is 5.70.